The molecule has 2 rings (SSSR count). The maximum absolute atomic E-state index is 12.7. The van der Waals surface area contributed by atoms with Gasteiger partial charge in [-0.2, -0.15) is 0 Å². The molecule has 0 aromatic heterocycles. The predicted molar refractivity (Wildman–Crippen MR) is 55.9 cm³/mol. The largest absolute Gasteiger partial charge is 0.586 e. The number of fused-ring (bicyclic) bond motifs is 1. The summed E-state index contributed by atoms with van der Waals surface area (Å²) in [5, 5.41) is 0. The van der Waals surface area contributed by atoms with Crippen LogP contribution in [0.2, 0.25) is 0 Å². The lowest BCUT2D eigenvalue weighted by molar-refractivity contribution is -0.286. The molecule has 0 spiro atoms. The highest BCUT2D eigenvalue weighted by molar-refractivity contribution is 5.85. The third-order valence-electron chi connectivity index (χ3n) is 2.11. The van der Waals surface area contributed by atoms with E-state index >= 15 is 0 Å². The van der Waals surface area contributed by atoms with Crippen molar-refractivity contribution in [3.63, 3.8) is 0 Å². The first-order valence-electron chi connectivity index (χ1n) is 4.37. The van der Waals surface area contributed by atoms with Crippen LogP contribution in [-0.4, -0.2) is 12.8 Å². The van der Waals surface area contributed by atoms with E-state index in [1.165, 1.54) is 12.1 Å². The molecule has 7 heteroatoms. The second-order valence-corrected chi connectivity index (χ2v) is 3.22. The van der Waals surface area contributed by atoms with Crippen LogP contribution in [0.3, 0.4) is 0 Å². The van der Waals surface area contributed by atoms with Gasteiger partial charge in [0.1, 0.15) is 0 Å². The molecule has 4 N–H and O–H groups in total. The highest BCUT2D eigenvalue weighted by Gasteiger charge is 2.43. The zero-order valence-electron chi connectivity index (χ0n) is 8.15. The monoisotopic (exact) mass is 252 g/mol. The Hall–Kier alpha value is -1.11. The Morgan fingerprint density at radius 3 is 2.50 bits per heavy atom. The summed E-state index contributed by atoms with van der Waals surface area (Å²) in [7, 11) is 0. The Morgan fingerprint density at radius 2 is 1.88 bits per heavy atom. The van der Waals surface area contributed by atoms with Crippen LogP contribution in [0.25, 0.3) is 0 Å². The first-order valence-corrected chi connectivity index (χ1v) is 4.37. The van der Waals surface area contributed by atoms with Crippen LogP contribution in [0.5, 0.6) is 11.5 Å². The predicted octanol–water partition coefficient (Wildman–Crippen LogP) is 1.39. The van der Waals surface area contributed by atoms with Gasteiger partial charge in [-0.15, -0.1) is 21.2 Å². The van der Waals surface area contributed by atoms with Crippen molar-refractivity contribution >= 4 is 12.4 Å². The van der Waals surface area contributed by atoms with Gasteiger partial charge in [0.05, 0.1) is 0 Å². The van der Waals surface area contributed by atoms with E-state index < -0.39 is 12.3 Å². The Labute approximate surface area is 96.9 Å². The zero-order valence-corrected chi connectivity index (χ0v) is 8.97. The lowest BCUT2D eigenvalue weighted by atomic mass is 10.1. The van der Waals surface area contributed by atoms with Crippen molar-refractivity contribution in [1.29, 1.82) is 0 Å². The fourth-order valence-corrected chi connectivity index (χ4v) is 1.33. The molecule has 1 aliphatic heterocycles. The minimum absolute atomic E-state index is 0. The highest BCUT2D eigenvalue weighted by atomic mass is 35.5. The molecule has 0 bridgehead atoms. The molecule has 16 heavy (non-hydrogen) atoms. The molecular formula is C9H11ClF2N2O2. The van der Waals surface area contributed by atoms with E-state index in [4.69, 9.17) is 11.5 Å². The van der Waals surface area contributed by atoms with Gasteiger partial charge in [-0.1, -0.05) is 6.07 Å². The maximum atomic E-state index is 12.7. The first-order chi connectivity index (χ1) is 7.02. The molecule has 0 saturated heterocycles. The molecule has 0 fully saturated rings. The van der Waals surface area contributed by atoms with Crippen LogP contribution in [0.15, 0.2) is 18.2 Å². The molecule has 0 aliphatic carbocycles. The van der Waals surface area contributed by atoms with Crippen LogP contribution >= 0.6 is 12.4 Å². The van der Waals surface area contributed by atoms with E-state index in [9.17, 15) is 8.78 Å². The number of nitrogens with two attached hydrogens (primary N) is 2. The van der Waals surface area contributed by atoms with Gasteiger partial charge < -0.3 is 20.9 Å². The lowest BCUT2D eigenvalue weighted by Gasteiger charge is -2.08. The molecular weight excluding hydrogens is 242 g/mol. The number of hydrogen-bond acceptors (Lipinski definition) is 4. The van der Waals surface area contributed by atoms with Gasteiger partial charge in [-0.25, -0.2) is 0 Å². The summed E-state index contributed by atoms with van der Waals surface area (Å²) in [5.74, 6) is -0.00521. The molecule has 1 heterocycles. The van der Waals surface area contributed by atoms with E-state index in [0.29, 0.717) is 5.56 Å². The molecule has 1 aliphatic rings. The topological polar surface area (TPSA) is 70.5 Å². The summed E-state index contributed by atoms with van der Waals surface area (Å²) in [6.45, 7) is 0.232. The van der Waals surface area contributed by atoms with Crippen molar-refractivity contribution in [1.82, 2.24) is 0 Å². The zero-order chi connectivity index (χ0) is 11.1. The number of benzene rings is 1. The standard InChI is InChI=1S/C9H10F2N2O2.ClH/c10-9(11)14-7-2-1-5(6(13)4-12)3-8(7)15-9;/h1-3,6H,4,12-13H2;1H/t6-;/m1./s1. The molecule has 1 aromatic rings. The summed E-state index contributed by atoms with van der Waals surface area (Å²) in [6.07, 6.45) is -3.59. The van der Waals surface area contributed by atoms with Gasteiger partial charge in [0.2, 0.25) is 0 Å². The average Bonchev–Trinajstić information content (AvgIpc) is 2.49. The normalized spacial score (nSPS) is 17.8. The Morgan fingerprint density at radius 1 is 1.25 bits per heavy atom. The van der Waals surface area contributed by atoms with Crippen LogP contribution < -0.4 is 20.9 Å². The van der Waals surface area contributed by atoms with Gasteiger partial charge in [0, 0.05) is 12.6 Å². The molecule has 0 radical (unpaired) electrons. The minimum atomic E-state index is -3.59. The Bertz CT molecular complexity index is 390. The second-order valence-electron chi connectivity index (χ2n) is 3.22. The fraction of sp³-hybridized carbons (Fsp3) is 0.333. The van der Waals surface area contributed by atoms with Crippen LogP contribution in [0.4, 0.5) is 8.78 Å². The van der Waals surface area contributed by atoms with Crippen molar-refractivity contribution < 1.29 is 18.3 Å². The van der Waals surface area contributed by atoms with Crippen molar-refractivity contribution in [2.75, 3.05) is 6.54 Å². The van der Waals surface area contributed by atoms with Gasteiger partial charge in [-0.05, 0) is 17.7 Å². The number of ether oxygens (including phenoxy) is 2. The number of hydrogen-bond donors (Lipinski definition) is 2. The lowest BCUT2D eigenvalue weighted by Crippen LogP contribution is -2.26. The molecule has 0 amide bonds. The van der Waals surface area contributed by atoms with Gasteiger partial charge in [-0.3, -0.25) is 0 Å². The SMILES string of the molecule is Cl.NC[C@@H](N)c1ccc2c(c1)OC(F)(F)O2. The highest BCUT2D eigenvalue weighted by Crippen LogP contribution is 2.41. The van der Waals surface area contributed by atoms with E-state index in [1.807, 2.05) is 0 Å². The quantitative estimate of drug-likeness (QED) is 0.834. The van der Waals surface area contributed by atoms with Gasteiger partial charge >= 0.3 is 6.29 Å². The van der Waals surface area contributed by atoms with Crippen molar-refractivity contribution in [3.05, 3.63) is 23.8 Å². The minimum Gasteiger partial charge on any atom is -0.395 e. The molecule has 1 atom stereocenters. The number of rotatable bonds is 2. The third kappa shape index (κ3) is 2.34. The van der Waals surface area contributed by atoms with E-state index in [2.05, 4.69) is 9.47 Å². The van der Waals surface area contributed by atoms with Crippen LogP contribution in [0, 0.1) is 0 Å². The van der Waals surface area contributed by atoms with Crippen molar-refractivity contribution in [3.8, 4) is 11.5 Å². The fourth-order valence-electron chi connectivity index (χ4n) is 1.33. The maximum Gasteiger partial charge on any atom is 0.586 e. The van der Waals surface area contributed by atoms with E-state index in [-0.39, 0.29) is 30.5 Å². The first kappa shape index (κ1) is 13.0. The Kier molecular flexibility index (Phi) is 3.57. The average molecular weight is 253 g/mol. The van der Waals surface area contributed by atoms with Crippen molar-refractivity contribution in [2.45, 2.75) is 12.3 Å². The molecule has 0 saturated carbocycles. The Balaban J connectivity index is 0.00000128. The van der Waals surface area contributed by atoms with Crippen LogP contribution in [0.1, 0.15) is 11.6 Å². The molecule has 1 aromatic carbocycles. The molecule has 4 nitrogen and oxygen atoms in total. The summed E-state index contributed by atoms with van der Waals surface area (Å²) < 4.78 is 33.8. The van der Waals surface area contributed by atoms with Gasteiger partial charge in [0.15, 0.2) is 11.5 Å². The molecule has 0 unspecified atom stereocenters. The summed E-state index contributed by atoms with van der Waals surface area (Å²) in [6, 6.07) is 3.99. The summed E-state index contributed by atoms with van der Waals surface area (Å²) in [4.78, 5) is 0. The van der Waals surface area contributed by atoms with Crippen LogP contribution in [-0.2, 0) is 0 Å². The number of alkyl halides is 2. The van der Waals surface area contributed by atoms with Gasteiger partial charge in [0.25, 0.3) is 0 Å². The second kappa shape index (κ2) is 4.40. The van der Waals surface area contributed by atoms with E-state index in [1.54, 1.807) is 6.07 Å². The summed E-state index contributed by atoms with van der Waals surface area (Å²) >= 11 is 0. The molecule has 90 valence electrons. The van der Waals surface area contributed by atoms with E-state index in [0.717, 1.165) is 0 Å². The number of halogens is 3. The smallest absolute Gasteiger partial charge is 0.395 e. The summed E-state index contributed by atoms with van der Waals surface area (Å²) in [5.41, 5.74) is 11.6. The third-order valence-corrected chi connectivity index (χ3v) is 2.11. The van der Waals surface area contributed by atoms with Crippen molar-refractivity contribution in [2.24, 2.45) is 11.5 Å².